The Bertz CT molecular complexity index is 392. The number of carbonyl (C=O) groups is 1. The molecule has 0 aliphatic heterocycles. The molecule has 2 N–H and O–H groups in total. The predicted molar refractivity (Wildman–Crippen MR) is 86.2 cm³/mol. The van der Waals surface area contributed by atoms with Crippen molar-refractivity contribution in [2.75, 3.05) is 11.9 Å². The Morgan fingerprint density at radius 3 is 2.80 bits per heavy atom. The molecule has 1 rings (SSSR count). The normalized spacial score (nSPS) is 12.3. The lowest BCUT2D eigenvalue weighted by Crippen LogP contribution is -2.19. The van der Waals surface area contributed by atoms with Crippen LogP contribution in [0.5, 0.6) is 0 Å². The maximum atomic E-state index is 11.8. The van der Waals surface area contributed by atoms with Gasteiger partial charge in [0, 0.05) is 17.8 Å². The van der Waals surface area contributed by atoms with E-state index in [1.807, 2.05) is 5.38 Å². The lowest BCUT2D eigenvalue weighted by atomic mass is 10.1. The summed E-state index contributed by atoms with van der Waals surface area (Å²) in [4.78, 5) is 16.2. The number of anilines is 1. The van der Waals surface area contributed by atoms with Crippen LogP contribution in [0.3, 0.4) is 0 Å². The van der Waals surface area contributed by atoms with Crippen LogP contribution in [0.4, 0.5) is 5.13 Å². The van der Waals surface area contributed by atoms with Crippen LogP contribution in [0.2, 0.25) is 0 Å². The quantitative estimate of drug-likeness (QED) is 0.639. The van der Waals surface area contributed by atoms with Crippen molar-refractivity contribution < 1.29 is 4.79 Å². The summed E-state index contributed by atoms with van der Waals surface area (Å²) in [7, 11) is 0. The van der Waals surface area contributed by atoms with Crippen molar-refractivity contribution in [1.29, 1.82) is 0 Å². The molecule has 0 saturated heterocycles. The summed E-state index contributed by atoms with van der Waals surface area (Å²) in [6, 6.07) is 0.237. The van der Waals surface area contributed by atoms with Crippen molar-refractivity contribution in [2.45, 2.75) is 65.3 Å². The molecule has 1 aromatic heterocycles. The van der Waals surface area contributed by atoms with E-state index in [2.05, 4.69) is 36.4 Å². The van der Waals surface area contributed by atoms with E-state index in [1.54, 1.807) is 0 Å². The van der Waals surface area contributed by atoms with Gasteiger partial charge in [0.2, 0.25) is 5.91 Å². The Morgan fingerprint density at radius 1 is 1.30 bits per heavy atom. The summed E-state index contributed by atoms with van der Waals surface area (Å²) in [6.45, 7) is 7.40. The molecule has 1 unspecified atom stereocenters. The third kappa shape index (κ3) is 6.48. The zero-order valence-corrected chi connectivity index (χ0v) is 13.7. The molecule has 0 aliphatic rings. The molecule has 0 radical (unpaired) electrons. The molecule has 1 atom stereocenters. The smallest absolute Gasteiger partial charge is 0.226 e. The first-order valence-corrected chi connectivity index (χ1v) is 8.54. The molecule has 0 fully saturated rings. The molecule has 4 nitrogen and oxygen atoms in total. The molecule has 0 bridgehead atoms. The van der Waals surface area contributed by atoms with Crippen LogP contribution in [0.1, 0.15) is 71.0 Å². The SMILES string of the molecule is CCCCCCC(=O)Nc1nc(C(C)NCCC)cs1. The highest BCUT2D eigenvalue weighted by atomic mass is 32.1. The summed E-state index contributed by atoms with van der Waals surface area (Å²) in [5.74, 6) is 0.0798. The summed E-state index contributed by atoms with van der Waals surface area (Å²) in [5, 5.41) is 9.01. The van der Waals surface area contributed by atoms with Crippen LogP contribution in [-0.4, -0.2) is 17.4 Å². The van der Waals surface area contributed by atoms with Gasteiger partial charge in [-0.3, -0.25) is 4.79 Å². The van der Waals surface area contributed by atoms with Crippen molar-refractivity contribution in [1.82, 2.24) is 10.3 Å². The predicted octanol–water partition coefficient (Wildman–Crippen LogP) is 4.11. The van der Waals surface area contributed by atoms with Gasteiger partial charge in [-0.1, -0.05) is 33.1 Å². The Balaban J connectivity index is 2.33. The number of thiazole rings is 1. The minimum atomic E-state index is 0.0798. The second kappa shape index (κ2) is 9.88. The van der Waals surface area contributed by atoms with Crippen LogP contribution in [0.25, 0.3) is 0 Å². The molecule has 1 aromatic rings. The van der Waals surface area contributed by atoms with E-state index < -0.39 is 0 Å². The minimum absolute atomic E-state index is 0.0798. The van der Waals surface area contributed by atoms with Gasteiger partial charge in [0.1, 0.15) is 0 Å². The zero-order chi connectivity index (χ0) is 14.8. The minimum Gasteiger partial charge on any atom is -0.309 e. The van der Waals surface area contributed by atoms with Crippen molar-refractivity contribution >= 4 is 22.4 Å². The van der Waals surface area contributed by atoms with Crippen LogP contribution in [0, 0.1) is 0 Å². The van der Waals surface area contributed by atoms with Gasteiger partial charge in [-0.15, -0.1) is 11.3 Å². The molecule has 0 aromatic carbocycles. The average molecular weight is 297 g/mol. The molecular formula is C15H27N3OS. The Hall–Kier alpha value is -0.940. The Labute approximate surface area is 126 Å². The van der Waals surface area contributed by atoms with Crippen molar-refractivity contribution in [3.8, 4) is 0 Å². The van der Waals surface area contributed by atoms with Gasteiger partial charge in [-0.25, -0.2) is 4.98 Å². The molecule has 1 heterocycles. The third-order valence-electron chi connectivity index (χ3n) is 3.17. The number of amides is 1. The van der Waals surface area contributed by atoms with E-state index in [9.17, 15) is 4.79 Å². The summed E-state index contributed by atoms with van der Waals surface area (Å²) in [5.41, 5.74) is 1.00. The topological polar surface area (TPSA) is 54.0 Å². The summed E-state index contributed by atoms with van der Waals surface area (Å²) < 4.78 is 0. The third-order valence-corrected chi connectivity index (χ3v) is 3.95. The number of carbonyl (C=O) groups excluding carboxylic acids is 1. The van der Waals surface area contributed by atoms with Crippen molar-refractivity contribution in [3.05, 3.63) is 11.1 Å². The highest BCUT2D eigenvalue weighted by Gasteiger charge is 2.10. The maximum absolute atomic E-state index is 11.8. The van der Waals surface area contributed by atoms with E-state index >= 15 is 0 Å². The maximum Gasteiger partial charge on any atom is 0.226 e. The van der Waals surface area contributed by atoms with E-state index in [4.69, 9.17) is 0 Å². The number of rotatable bonds is 10. The first-order valence-electron chi connectivity index (χ1n) is 7.66. The summed E-state index contributed by atoms with van der Waals surface area (Å²) >= 11 is 1.50. The highest BCUT2D eigenvalue weighted by molar-refractivity contribution is 7.13. The molecule has 0 saturated carbocycles. The Morgan fingerprint density at radius 2 is 2.10 bits per heavy atom. The number of nitrogens with zero attached hydrogens (tertiary/aromatic N) is 1. The van der Waals surface area contributed by atoms with Crippen molar-refractivity contribution in [3.63, 3.8) is 0 Å². The molecule has 114 valence electrons. The van der Waals surface area contributed by atoms with E-state index in [0.29, 0.717) is 11.6 Å². The number of hydrogen-bond donors (Lipinski definition) is 2. The molecule has 1 amide bonds. The first-order chi connectivity index (χ1) is 9.67. The lowest BCUT2D eigenvalue weighted by molar-refractivity contribution is -0.116. The van der Waals surface area contributed by atoms with Crippen LogP contribution >= 0.6 is 11.3 Å². The van der Waals surface area contributed by atoms with E-state index in [1.165, 1.54) is 24.2 Å². The molecule has 0 aliphatic carbocycles. The van der Waals surface area contributed by atoms with Crippen LogP contribution < -0.4 is 10.6 Å². The fourth-order valence-corrected chi connectivity index (χ4v) is 2.72. The number of aromatic nitrogens is 1. The lowest BCUT2D eigenvalue weighted by Gasteiger charge is -2.09. The standard InChI is InChI=1S/C15H27N3OS/c1-4-6-7-8-9-14(19)18-15-17-13(11-20-15)12(3)16-10-5-2/h11-12,16H,4-10H2,1-3H3,(H,17,18,19). The van der Waals surface area contributed by atoms with Crippen LogP contribution in [0.15, 0.2) is 5.38 Å². The second-order valence-corrected chi connectivity index (χ2v) is 5.97. The van der Waals surface area contributed by atoms with Gasteiger partial charge in [0.25, 0.3) is 0 Å². The van der Waals surface area contributed by atoms with Crippen LogP contribution in [-0.2, 0) is 4.79 Å². The van der Waals surface area contributed by atoms with Gasteiger partial charge >= 0.3 is 0 Å². The fourth-order valence-electron chi connectivity index (χ4n) is 1.90. The number of nitrogens with one attached hydrogen (secondary N) is 2. The average Bonchev–Trinajstić information content (AvgIpc) is 2.89. The largest absolute Gasteiger partial charge is 0.309 e. The molecule has 0 spiro atoms. The van der Waals surface area contributed by atoms with E-state index in [0.717, 1.165) is 31.5 Å². The summed E-state index contributed by atoms with van der Waals surface area (Å²) in [6.07, 6.45) is 6.20. The van der Waals surface area contributed by atoms with Gasteiger partial charge in [0.15, 0.2) is 5.13 Å². The molecular weight excluding hydrogens is 270 g/mol. The van der Waals surface area contributed by atoms with Crippen molar-refractivity contribution in [2.24, 2.45) is 0 Å². The van der Waals surface area contributed by atoms with Gasteiger partial charge < -0.3 is 10.6 Å². The monoisotopic (exact) mass is 297 g/mol. The highest BCUT2D eigenvalue weighted by Crippen LogP contribution is 2.20. The number of hydrogen-bond acceptors (Lipinski definition) is 4. The molecule has 20 heavy (non-hydrogen) atoms. The number of unbranched alkanes of at least 4 members (excludes halogenated alkanes) is 3. The molecule has 5 heteroatoms. The first kappa shape index (κ1) is 17.1. The van der Waals surface area contributed by atoms with Gasteiger partial charge in [-0.2, -0.15) is 0 Å². The fraction of sp³-hybridized carbons (Fsp3) is 0.733. The zero-order valence-electron chi connectivity index (χ0n) is 12.9. The Kier molecular flexibility index (Phi) is 8.46. The second-order valence-electron chi connectivity index (χ2n) is 5.11. The van der Waals surface area contributed by atoms with E-state index in [-0.39, 0.29) is 11.9 Å². The van der Waals surface area contributed by atoms with Gasteiger partial charge in [-0.05, 0) is 26.3 Å². The van der Waals surface area contributed by atoms with Gasteiger partial charge in [0.05, 0.1) is 5.69 Å².